The van der Waals surface area contributed by atoms with E-state index in [-0.39, 0.29) is 0 Å². The van der Waals surface area contributed by atoms with Crippen molar-refractivity contribution in [2.75, 3.05) is 26.2 Å². The lowest BCUT2D eigenvalue weighted by Crippen LogP contribution is -2.50. The van der Waals surface area contributed by atoms with Crippen LogP contribution >= 0.6 is 0 Å². The summed E-state index contributed by atoms with van der Waals surface area (Å²) in [4.78, 5) is 0. The zero-order chi connectivity index (χ0) is 21.3. The third-order valence-corrected chi connectivity index (χ3v) is 5.94. The first-order chi connectivity index (χ1) is 13.7. The molecule has 0 heterocycles. The molecule has 0 aromatic carbocycles. The number of unbranched alkanes of at least 4 members (excludes halogenated alkanes) is 12. The van der Waals surface area contributed by atoms with Gasteiger partial charge in [0, 0.05) is 6.26 Å². The van der Waals surface area contributed by atoms with Crippen molar-refractivity contribution in [2.45, 2.75) is 130 Å². The first kappa shape index (κ1) is 29.5. The van der Waals surface area contributed by atoms with E-state index in [2.05, 4.69) is 27.7 Å². The predicted octanol–water partition coefficient (Wildman–Crippen LogP) is 6.95. The second-order valence-electron chi connectivity index (χ2n) is 8.57. The second-order valence-corrected chi connectivity index (χ2v) is 8.57. The molecule has 0 aromatic rings. The van der Waals surface area contributed by atoms with E-state index >= 15 is 0 Å². The van der Waals surface area contributed by atoms with E-state index in [0.717, 1.165) is 0 Å². The Labute approximate surface area is 178 Å². The topological polar surface area (TPSA) is 46.8 Å². The Morgan fingerprint density at radius 2 is 0.714 bits per heavy atom. The van der Waals surface area contributed by atoms with E-state index in [0.29, 0.717) is 6.26 Å². The maximum atomic E-state index is 8.24. The first-order valence-electron chi connectivity index (χ1n) is 12.5. The number of nitriles is 1. The maximum absolute atomic E-state index is 8.24. The fraction of sp³-hybridized carbons (Fsp3) is 0.960. The summed E-state index contributed by atoms with van der Waals surface area (Å²) in [5, 5.41) is 15.0. The molecule has 0 fully saturated rings. The molecule has 3 heteroatoms. The van der Waals surface area contributed by atoms with Crippen molar-refractivity contribution in [1.29, 1.82) is 5.26 Å². The molecule has 0 aliphatic carbocycles. The van der Waals surface area contributed by atoms with Crippen LogP contribution in [0.25, 0.3) is 0 Å². The molecule has 0 aliphatic heterocycles. The van der Waals surface area contributed by atoms with Crippen molar-refractivity contribution in [3.8, 4) is 6.26 Å². The van der Waals surface area contributed by atoms with Gasteiger partial charge in [-0.15, -0.1) is 0 Å². The molecular formula is C25H52N2O. The lowest BCUT2D eigenvalue weighted by molar-refractivity contribution is -0.929. The summed E-state index contributed by atoms with van der Waals surface area (Å²) in [6, 6.07) is 0. The van der Waals surface area contributed by atoms with Gasteiger partial charge in [0.25, 0.3) is 0 Å². The second kappa shape index (κ2) is 24.3. The fourth-order valence-corrected chi connectivity index (χ4v) is 4.17. The first-order valence-corrected chi connectivity index (χ1v) is 12.5. The van der Waals surface area contributed by atoms with Gasteiger partial charge < -0.3 is 9.59 Å². The smallest absolute Gasteiger partial charge is 0.0786 e. The van der Waals surface area contributed by atoms with E-state index in [4.69, 9.17) is 10.4 Å². The van der Waals surface area contributed by atoms with Crippen LogP contribution in [0, 0.1) is 11.5 Å². The third-order valence-electron chi connectivity index (χ3n) is 5.94. The van der Waals surface area contributed by atoms with Gasteiger partial charge in [0.2, 0.25) is 0 Å². The zero-order valence-electron chi connectivity index (χ0n) is 19.9. The normalized spacial score (nSPS) is 11.0. The van der Waals surface area contributed by atoms with Crippen LogP contribution in [0.1, 0.15) is 130 Å². The van der Waals surface area contributed by atoms with Crippen molar-refractivity contribution in [1.82, 2.24) is 0 Å². The van der Waals surface area contributed by atoms with Gasteiger partial charge in [0.05, 0.1) is 26.2 Å². The van der Waals surface area contributed by atoms with E-state index in [1.807, 2.05) is 0 Å². The van der Waals surface area contributed by atoms with Crippen LogP contribution in [0.4, 0.5) is 0 Å². The van der Waals surface area contributed by atoms with Crippen molar-refractivity contribution in [3.63, 3.8) is 0 Å². The van der Waals surface area contributed by atoms with E-state index in [9.17, 15) is 0 Å². The molecule has 168 valence electrons. The summed E-state index contributed by atoms with van der Waals surface area (Å²) in [6.45, 7) is 15.2. The Kier molecular flexibility index (Phi) is 25.5. The summed E-state index contributed by atoms with van der Waals surface area (Å²) >= 11 is 0. The van der Waals surface area contributed by atoms with Gasteiger partial charge in [-0.05, 0) is 51.4 Å². The molecule has 0 unspecified atom stereocenters. The van der Waals surface area contributed by atoms with Crippen molar-refractivity contribution in [2.24, 2.45) is 0 Å². The van der Waals surface area contributed by atoms with Gasteiger partial charge >= 0.3 is 0 Å². The van der Waals surface area contributed by atoms with Crippen LogP contribution in [0.5, 0.6) is 0 Å². The Bertz CT molecular complexity index is 271. The molecule has 0 amide bonds. The quantitative estimate of drug-likeness (QED) is 0.127. The Morgan fingerprint density at radius 3 is 0.893 bits per heavy atom. The van der Waals surface area contributed by atoms with Crippen molar-refractivity contribution < 1.29 is 9.59 Å². The highest BCUT2D eigenvalue weighted by molar-refractivity contribution is 4.53. The molecule has 28 heavy (non-hydrogen) atoms. The minimum Gasteiger partial charge on any atom is -0.812 e. The predicted molar refractivity (Wildman–Crippen MR) is 122 cm³/mol. The highest BCUT2D eigenvalue weighted by Crippen LogP contribution is 2.19. The van der Waals surface area contributed by atoms with Gasteiger partial charge in [0.1, 0.15) is 0 Å². The molecule has 0 radical (unpaired) electrons. The molecule has 3 nitrogen and oxygen atoms in total. The summed E-state index contributed by atoms with van der Waals surface area (Å²) in [7, 11) is 0. The largest absolute Gasteiger partial charge is 0.812 e. The molecular weight excluding hydrogens is 344 g/mol. The molecule has 0 bridgehead atoms. The molecule has 0 N–H and O–H groups in total. The summed E-state index contributed by atoms with van der Waals surface area (Å²) < 4.78 is 1.46. The molecule has 0 aliphatic rings. The molecule has 0 atom stereocenters. The lowest BCUT2D eigenvalue weighted by Gasteiger charge is -2.39. The van der Waals surface area contributed by atoms with Gasteiger partial charge in [-0.1, -0.05) is 79.1 Å². The van der Waals surface area contributed by atoms with Crippen LogP contribution in [-0.2, 0) is 0 Å². The Balaban J connectivity index is 0. The minimum absolute atomic E-state index is 0.500. The lowest BCUT2D eigenvalue weighted by atomic mass is 10.1. The average Bonchev–Trinajstić information content (AvgIpc) is 2.70. The number of quaternary nitrogens is 1. The molecule has 0 rings (SSSR count). The molecule has 0 saturated heterocycles. The van der Waals surface area contributed by atoms with E-state index < -0.39 is 0 Å². The number of nitrogens with zero attached hydrogens (tertiary/aromatic N) is 2. The SMILES string of the molecule is CCCCCC[N+](CCCCCC)(CCCCCC)CCCCCC.N#C[O-]. The highest BCUT2D eigenvalue weighted by Gasteiger charge is 2.25. The maximum Gasteiger partial charge on any atom is 0.0786 e. The van der Waals surface area contributed by atoms with Crippen molar-refractivity contribution in [3.05, 3.63) is 0 Å². The molecule has 0 aromatic heterocycles. The summed E-state index contributed by atoms with van der Waals surface area (Å²) in [6.07, 6.45) is 23.3. The van der Waals surface area contributed by atoms with Crippen LogP contribution in [-0.4, -0.2) is 30.7 Å². The zero-order valence-corrected chi connectivity index (χ0v) is 19.9. The number of hydrogen-bond acceptors (Lipinski definition) is 2. The van der Waals surface area contributed by atoms with Gasteiger partial charge in [-0.3, -0.25) is 0 Å². The number of hydrogen-bond donors (Lipinski definition) is 0. The average molecular weight is 397 g/mol. The minimum atomic E-state index is 0.500. The van der Waals surface area contributed by atoms with Gasteiger partial charge in [-0.25, -0.2) is 5.26 Å². The highest BCUT2D eigenvalue weighted by atomic mass is 16.2. The molecule has 0 spiro atoms. The fourth-order valence-electron chi connectivity index (χ4n) is 4.17. The third kappa shape index (κ3) is 20.0. The van der Waals surface area contributed by atoms with Crippen molar-refractivity contribution >= 4 is 0 Å². The Morgan fingerprint density at radius 1 is 0.500 bits per heavy atom. The van der Waals surface area contributed by atoms with Crippen LogP contribution in [0.15, 0.2) is 0 Å². The van der Waals surface area contributed by atoms with E-state index in [1.165, 1.54) is 133 Å². The van der Waals surface area contributed by atoms with E-state index in [1.54, 1.807) is 0 Å². The van der Waals surface area contributed by atoms with Gasteiger partial charge in [0.15, 0.2) is 0 Å². The Hall–Kier alpha value is -0.750. The summed E-state index contributed by atoms with van der Waals surface area (Å²) in [5.41, 5.74) is 0. The standard InChI is InChI=1S/C24H52N.CHNO/c1-5-9-13-17-21-25(22-18-14-10-6-2,23-19-15-11-7-3)24-20-16-12-8-4;2-1-3/h5-24H2,1-4H3;3H/q+1;/p-1. The monoisotopic (exact) mass is 396 g/mol. The van der Waals surface area contributed by atoms with Gasteiger partial charge in [-0.2, -0.15) is 0 Å². The van der Waals surface area contributed by atoms with Crippen LogP contribution in [0.2, 0.25) is 0 Å². The number of rotatable bonds is 20. The van der Waals surface area contributed by atoms with Crippen LogP contribution in [0.3, 0.4) is 0 Å². The summed E-state index contributed by atoms with van der Waals surface area (Å²) in [5.74, 6) is 0. The van der Waals surface area contributed by atoms with Crippen LogP contribution < -0.4 is 5.11 Å². The molecule has 0 saturated carbocycles.